The van der Waals surface area contributed by atoms with Crippen LogP contribution >= 0.6 is 0 Å². The highest BCUT2D eigenvalue weighted by Gasteiger charge is 2.26. The van der Waals surface area contributed by atoms with Gasteiger partial charge in [0, 0.05) is 5.56 Å². The Labute approximate surface area is 220 Å². The molecule has 0 aromatic heterocycles. The molecule has 0 N–H and O–H groups in total. The lowest BCUT2D eigenvalue weighted by molar-refractivity contribution is -0.905. The van der Waals surface area contributed by atoms with Crippen molar-refractivity contribution in [2.45, 2.75) is 91.2 Å². The van der Waals surface area contributed by atoms with Gasteiger partial charge in [0.1, 0.15) is 30.9 Å². The number of carbonyl (C=O) groups excluding carboxylic acids is 1. The van der Waals surface area contributed by atoms with Crippen LogP contribution < -0.4 is 4.74 Å². The smallest absolute Gasteiger partial charge is 0.314 e. The van der Waals surface area contributed by atoms with Gasteiger partial charge >= 0.3 is 5.97 Å². The second-order valence-electron chi connectivity index (χ2n) is 11.0. The molecule has 0 bridgehead atoms. The normalized spacial score (nSPS) is 13.2. The van der Waals surface area contributed by atoms with E-state index in [1.165, 1.54) is 56.1 Å². The van der Waals surface area contributed by atoms with E-state index < -0.39 is 0 Å². The van der Waals surface area contributed by atoms with Crippen molar-refractivity contribution in [2.75, 3.05) is 27.2 Å². The van der Waals surface area contributed by atoms with E-state index in [2.05, 4.69) is 64.3 Å². The Balaban J connectivity index is 1.71. The van der Waals surface area contributed by atoms with Crippen molar-refractivity contribution in [3.05, 3.63) is 65.7 Å². The second-order valence-corrected chi connectivity index (χ2v) is 11.0. The van der Waals surface area contributed by atoms with Gasteiger partial charge in [-0.25, -0.2) is 0 Å². The third kappa shape index (κ3) is 12.1. The van der Waals surface area contributed by atoms with Gasteiger partial charge in [0.25, 0.3) is 0 Å². The molecule has 4 heteroatoms. The van der Waals surface area contributed by atoms with Crippen LogP contribution in [-0.4, -0.2) is 43.8 Å². The van der Waals surface area contributed by atoms with Crippen molar-refractivity contribution in [3.8, 4) is 5.75 Å². The van der Waals surface area contributed by atoms with Crippen molar-refractivity contribution in [3.63, 3.8) is 0 Å². The van der Waals surface area contributed by atoms with E-state index in [9.17, 15) is 4.79 Å². The molecular weight excluding hydrogens is 446 g/mol. The lowest BCUT2D eigenvalue weighted by atomic mass is 10.0. The van der Waals surface area contributed by atoms with Gasteiger partial charge in [0.2, 0.25) is 0 Å². The molecule has 0 aliphatic carbocycles. The van der Waals surface area contributed by atoms with Gasteiger partial charge in [-0.1, -0.05) is 94.8 Å². The van der Waals surface area contributed by atoms with Crippen molar-refractivity contribution < 1.29 is 18.8 Å². The van der Waals surface area contributed by atoms with E-state index in [-0.39, 0.29) is 24.6 Å². The maximum absolute atomic E-state index is 12.7. The van der Waals surface area contributed by atoms with Crippen LogP contribution in [0.15, 0.2) is 54.6 Å². The Morgan fingerprint density at radius 1 is 0.833 bits per heavy atom. The van der Waals surface area contributed by atoms with E-state index in [0.29, 0.717) is 0 Å². The highest BCUT2D eigenvalue weighted by Crippen LogP contribution is 2.18. The summed E-state index contributed by atoms with van der Waals surface area (Å²) in [4.78, 5) is 12.7. The molecule has 0 saturated heterocycles. The second kappa shape index (κ2) is 16.4. The number of esters is 1. The number of ether oxygens (including phenoxy) is 2. The first-order valence-electron chi connectivity index (χ1n) is 14.1. The van der Waals surface area contributed by atoms with Crippen LogP contribution in [0.5, 0.6) is 5.75 Å². The third-order valence-corrected chi connectivity index (χ3v) is 6.79. The average molecular weight is 497 g/mol. The molecular formula is C32H50NO3+. The summed E-state index contributed by atoms with van der Waals surface area (Å²) in [5.74, 6) is 0.517. The number of unbranched alkanes of at least 4 members (excludes halogenated alkanes) is 6. The van der Waals surface area contributed by atoms with Crippen LogP contribution in [0, 0.1) is 5.92 Å². The predicted octanol–water partition coefficient (Wildman–Crippen LogP) is 7.59. The predicted molar refractivity (Wildman–Crippen MR) is 150 cm³/mol. The average Bonchev–Trinajstić information content (AvgIpc) is 2.86. The minimum absolute atomic E-state index is 0.137. The molecule has 0 amide bonds. The van der Waals surface area contributed by atoms with Crippen LogP contribution in [0.25, 0.3) is 0 Å². The van der Waals surface area contributed by atoms with Crippen LogP contribution in [-0.2, 0) is 22.5 Å². The Bertz CT molecular complexity index is 847. The zero-order valence-corrected chi connectivity index (χ0v) is 23.5. The zero-order valence-electron chi connectivity index (χ0n) is 23.5. The molecule has 0 fully saturated rings. The number of nitrogens with zero attached hydrogens (tertiary/aromatic N) is 1. The van der Waals surface area contributed by atoms with Gasteiger partial charge in [0.05, 0.1) is 20.6 Å². The Morgan fingerprint density at radius 2 is 1.47 bits per heavy atom. The molecule has 0 heterocycles. The maximum atomic E-state index is 12.7. The van der Waals surface area contributed by atoms with Crippen LogP contribution in [0.3, 0.4) is 0 Å². The highest BCUT2D eigenvalue weighted by molar-refractivity contribution is 5.72. The van der Waals surface area contributed by atoms with E-state index in [1.54, 1.807) is 0 Å². The van der Waals surface area contributed by atoms with Crippen LogP contribution in [0.2, 0.25) is 0 Å². The monoisotopic (exact) mass is 496 g/mol. The Kier molecular flexibility index (Phi) is 13.6. The first-order valence-corrected chi connectivity index (χ1v) is 14.1. The summed E-state index contributed by atoms with van der Waals surface area (Å²) in [6.45, 7) is 8.18. The van der Waals surface area contributed by atoms with Gasteiger partial charge in [-0.2, -0.15) is 0 Å². The molecule has 2 rings (SSSR count). The first kappa shape index (κ1) is 29.9. The molecule has 0 spiro atoms. The molecule has 0 aliphatic rings. The molecule has 2 unspecified atom stereocenters. The summed E-state index contributed by atoms with van der Waals surface area (Å²) in [7, 11) is 4.32. The van der Waals surface area contributed by atoms with Crippen molar-refractivity contribution in [1.29, 1.82) is 0 Å². The third-order valence-electron chi connectivity index (χ3n) is 6.79. The molecule has 0 radical (unpaired) electrons. The Hall–Kier alpha value is -2.33. The summed E-state index contributed by atoms with van der Waals surface area (Å²) in [5.41, 5.74) is 2.64. The fraction of sp³-hybridized carbons (Fsp3) is 0.594. The summed E-state index contributed by atoms with van der Waals surface area (Å²) in [5, 5.41) is 0. The summed E-state index contributed by atoms with van der Waals surface area (Å²) >= 11 is 0. The lowest BCUT2D eigenvalue weighted by Gasteiger charge is -2.32. The van der Waals surface area contributed by atoms with E-state index in [4.69, 9.17) is 9.47 Å². The molecule has 36 heavy (non-hydrogen) atoms. The molecule has 2 atom stereocenters. The number of quaternary nitrogens is 1. The summed E-state index contributed by atoms with van der Waals surface area (Å²) in [6.07, 6.45) is 11.1. The van der Waals surface area contributed by atoms with Gasteiger partial charge in [-0.05, 0) is 43.9 Å². The van der Waals surface area contributed by atoms with Crippen molar-refractivity contribution in [2.24, 2.45) is 5.92 Å². The number of benzene rings is 2. The highest BCUT2D eigenvalue weighted by atomic mass is 16.6. The molecule has 2 aromatic carbocycles. The maximum Gasteiger partial charge on any atom is 0.314 e. The van der Waals surface area contributed by atoms with Crippen molar-refractivity contribution in [1.82, 2.24) is 0 Å². The standard InChI is InChI=1S/C32H50NO3/c1-6-8-9-10-11-12-14-17-28-20-22-31(23-21-28)36-30(7-2)26-35-32(34)27(3)24-33(4,5)25-29-18-15-13-16-19-29/h13,15-16,18-23,27,30H,6-12,14,17,24-26H2,1-5H3/q+1. The SMILES string of the molecule is CCCCCCCCCc1ccc(OC(CC)COC(=O)C(C)C[N+](C)(C)Cc2ccccc2)cc1. The van der Waals surface area contributed by atoms with Crippen molar-refractivity contribution >= 4 is 5.97 Å². The summed E-state index contributed by atoms with van der Waals surface area (Å²) in [6, 6.07) is 18.8. The first-order chi connectivity index (χ1) is 17.3. The van der Waals surface area contributed by atoms with Crippen LogP contribution in [0.4, 0.5) is 0 Å². The minimum atomic E-state index is -0.174. The number of carbonyl (C=O) groups is 1. The minimum Gasteiger partial charge on any atom is -0.487 e. The quantitative estimate of drug-likeness (QED) is 0.121. The molecule has 200 valence electrons. The largest absolute Gasteiger partial charge is 0.487 e. The Morgan fingerprint density at radius 3 is 2.11 bits per heavy atom. The molecule has 2 aromatic rings. The van der Waals surface area contributed by atoms with E-state index in [1.807, 2.05) is 25.1 Å². The van der Waals surface area contributed by atoms with Gasteiger partial charge in [-0.15, -0.1) is 0 Å². The zero-order chi connectivity index (χ0) is 26.2. The number of hydrogen-bond donors (Lipinski definition) is 0. The summed E-state index contributed by atoms with van der Waals surface area (Å²) < 4.78 is 12.5. The topological polar surface area (TPSA) is 35.5 Å². The van der Waals surface area contributed by atoms with E-state index in [0.717, 1.165) is 36.2 Å². The molecule has 0 saturated carbocycles. The van der Waals surface area contributed by atoms with Gasteiger partial charge < -0.3 is 14.0 Å². The number of hydrogen-bond acceptors (Lipinski definition) is 3. The number of rotatable bonds is 18. The fourth-order valence-corrected chi connectivity index (χ4v) is 4.72. The molecule has 0 aliphatic heterocycles. The van der Waals surface area contributed by atoms with Gasteiger partial charge in [0.15, 0.2) is 0 Å². The lowest BCUT2D eigenvalue weighted by Crippen LogP contribution is -2.44. The van der Waals surface area contributed by atoms with Crippen LogP contribution in [0.1, 0.15) is 83.3 Å². The number of aryl methyl sites for hydroxylation is 1. The fourth-order valence-electron chi connectivity index (χ4n) is 4.72. The van der Waals surface area contributed by atoms with E-state index >= 15 is 0 Å². The van der Waals surface area contributed by atoms with Gasteiger partial charge in [-0.3, -0.25) is 4.79 Å². The molecule has 4 nitrogen and oxygen atoms in total.